The Labute approximate surface area is 284 Å². The molecule has 2 fully saturated rings. The molecule has 1 aromatic heterocycles. The molecule has 0 radical (unpaired) electrons. The predicted octanol–water partition coefficient (Wildman–Crippen LogP) is 5.36. The number of rotatable bonds is 10. The van der Waals surface area contributed by atoms with Crippen molar-refractivity contribution >= 4 is 46.2 Å². The fourth-order valence-corrected chi connectivity index (χ4v) is 6.79. The molecule has 7 rings (SSSR count). The monoisotopic (exact) mass is 676 g/mol. The van der Waals surface area contributed by atoms with Gasteiger partial charge in [-0.15, -0.1) is 0 Å². The van der Waals surface area contributed by atoms with Gasteiger partial charge in [0.1, 0.15) is 37.7 Å². The number of halogens is 2. The van der Waals surface area contributed by atoms with Crippen LogP contribution in [0.15, 0.2) is 84.4 Å². The Morgan fingerprint density at radius 1 is 0.936 bits per heavy atom. The zero-order valence-electron chi connectivity index (χ0n) is 26.3. The number of nitrogens with one attached hydrogen (secondary N) is 1. The van der Waals surface area contributed by atoms with Crippen LogP contribution in [0.5, 0.6) is 5.75 Å². The van der Waals surface area contributed by atoms with Gasteiger partial charge in [-0.1, -0.05) is 29.3 Å². The van der Waals surface area contributed by atoms with Crippen molar-refractivity contribution in [2.75, 3.05) is 74.1 Å². The Morgan fingerprint density at radius 3 is 2.32 bits per heavy atom. The standard InChI is InChI=1S/C34H38Cl2N8O3/c1-2-41-14-13-38-33(41)40-26-4-6-27(7-5-26)42-15-17-43(18-16-42)28-8-10-29(11-9-28)45-20-30-21-46-34(47-30,22-44-24-37-23-39-44)31-12-3-25(35)19-32(31)36/h3-12,19,23-24,30H,2,13-18,20-22H2,1H3,(H,38,40). The molecule has 4 aromatic rings. The van der Waals surface area contributed by atoms with Crippen LogP contribution in [-0.4, -0.2) is 90.8 Å². The fourth-order valence-electron chi connectivity index (χ4n) is 6.24. The average molecular weight is 678 g/mol. The summed E-state index contributed by atoms with van der Waals surface area (Å²) in [6.07, 6.45) is 2.78. The van der Waals surface area contributed by atoms with Gasteiger partial charge < -0.3 is 34.2 Å². The minimum Gasteiger partial charge on any atom is -0.491 e. The number of hydrogen-bond donors (Lipinski definition) is 1. The highest BCUT2D eigenvalue weighted by Crippen LogP contribution is 2.40. The maximum atomic E-state index is 6.58. The quantitative estimate of drug-likeness (QED) is 0.238. The number of aliphatic imine (C=N–C) groups is 1. The van der Waals surface area contributed by atoms with Crippen molar-refractivity contribution in [2.45, 2.75) is 25.4 Å². The smallest absolute Gasteiger partial charge is 0.217 e. The van der Waals surface area contributed by atoms with Crippen molar-refractivity contribution in [1.29, 1.82) is 0 Å². The third-order valence-corrected chi connectivity index (χ3v) is 9.30. The zero-order chi connectivity index (χ0) is 32.2. The molecule has 0 amide bonds. The number of hydrogen-bond acceptors (Lipinski definition) is 10. The molecule has 0 bridgehead atoms. The Balaban J connectivity index is 0.909. The molecule has 0 spiro atoms. The van der Waals surface area contributed by atoms with Gasteiger partial charge in [0.15, 0.2) is 5.96 Å². The highest BCUT2D eigenvalue weighted by atomic mass is 35.5. The van der Waals surface area contributed by atoms with Crippen LogP contribution in [0.3, 0.4) is 0 Å². The van der Waals surface area contributed by atoms with E-state index in [4.69, 9.17) is 37.4 Å². The van der Waals surface area contributed by atoms with E-state index in [1.54, 1.807) is 23.1 Å². The SMILES string of the molecule is CCN1CCN=C1Nc1ccc(N2CCN(c3ccc(OCC4COC(Cn5cncn5)(c5ccc(Cl)cc5Cl)O4)cc3)CC2)cc1. The maximum Gasteiger partial charge on any atom is 0.217 e. The summed E-state index contributed by atoms with van der Waals surface area (Å²) in [7, 11) is 0. The lowest BCUT2D eigenvalue weighted by atomic mass is 10.1. The number of anilines is 3. The summed E-state index contributed by atoms with van der Waals surface area (Å²) in [6.45, 7) is 9.68. The minimum absolute atomic E-state index is 0.281. The molecule has 3 aliphatic rings. The van der Waals surface area contributed by atoms with E-state index < -0.39 is 5.79 Å². The lowest BCUT2D eigenvalue weighted by Gasteiger charge is -2.37. The van der Waals surface area contributed by atoms with Crippen molar-refractivity contribution < 1.29 is 14.2 Å². The molecule has 2 saturated heterocycles. The zero-order valence-corrected chi connectivity index (χ0v) is 27.8. The molecule has 0 aliphatic carbocycles. The van der Waals surface area contributed by atoms with Gasteiger partial charge in [0.05, 0.1) is 18.2 Å². The first-order valence-electron chi connectivity index (χ1n) is 16.0. The van der Waals surface area contributed by atoms with Gasteiger partial charge in [0.25, 0.3) is 0 Å². The lowest BCUT2D eigenvalue weighted by molar-refractivity contribution is -0.190. The van der Waals surface area contributed by atoms with Crippen molar-refractivity contribution in [3.63, 3.8) is 0 Å². The van der Waals surface area contributed by atoms with Crippen molar-refractivity contribution in [2.24, 2.45) is 4.99 Å². The number of ether oxygens (including phenoxy) is 3. The number of benzene rings is 3. The normalized spacial score (nSPS) is 21.3. The van der Waals surface area contributed by atoms with E-state index in [-0.39, 0.29) is 12.6 Å². The molecule has 246 valence electrons. The largest absolute Gasteiger partial charge is 0.491 e. The van der Waals surface area contributed by atoms with Crippen LogP contribution in [-0.2, 0) is 21.8 Å². The summed E-state index contributed by atoms with van der Waals surface area (Å²) < 4.78 is 20.5. The highest BCUT2D eigenvalue weighted by molar-refractivity contribution is 6.35. The van der Waals surface area contributed by atoms with Crippen molar-refractivity contribution in [3.05, 3.63) is 95.0 Å². The number of nitrogens with zero attached hydrogens (tertiary/aromatic N) is 7. The molecule has 3 aromatic carbocycles. The summed E-state index contributed by atoms with van der Waals surface area (Å²) >= 11 is 12.7. The Bertz CT molecular complexity index is 1660. The van der Waals surface area contributed by atoms with Crippen LogP contribution in [0, 0.1) is 0 Å². The number of likely N-dealkylation sites (N-methyl/N-ethyl adjacent to an activating group) is 1. The van der Waals surface area contributed by atoms with Crippen molar-refractivity contribution in [1.82, 2.24) is 19.7 Å². The Hall–Kier alpha value is -4.03. The van der Waals surface area contributed by atoms with Gasteiger partial charge >= 0.3 is 0 Å². The number of aromatic nitrogens is 3. The van der Waals surface area contributed by atoms with E-state index >= 15 is 0 Å². The average Bonchev–Trinajstić information content (AvgIpc) is 3.87. The van der Waals surface area contributed by atoms with E-state index in [9.17, 15) is 0 Å². The van der Waals surface area contributed by atoms with Gasteiger partial charge in [-0.05, 0) is 67.6 Å². The number of guanidine groups is 1. The first-order valence-corrected chi connectivity index (χ1v) is 16.7. The molecular weight excluding hydrogens is 639 g/mol. The van der Waals surface area contributed by atoms with Gasteiger partial charge in [-0.3, -0.25) is 4.99 Å². The molecular formula is C34H38Cl2N8O3. The fraction of sp³-hybridized carbons (Fsp3) is 0.382. The molecule has 2 atom stereocenters. The molecule has 0 saturated carbocycles. The Kier molecular flexibility index (Phi) is 9.39. The minimum atomic E-state index is -1.14. The van der Waals surface area contributed by atoms with Gasteiger partial charge in [-0.2, -0.15) is 5.10 Å². The summed E-state index contributed by atoms with van der Waals surface area (Å²) in [5.41, 5.74) is 4.16. The predicted molar refractivity (Wildman–Crippen MR) is 185 cm³/mol. The summed E-state index contributed by atoms with van der Waals surface area (Å²) in [5, 5.41) is 8.70. The van der Waals surface area contributed by atoms with E-state index in [2.05, 4.69) is 78.4 Å². The molecule has 47 heavy (non-hydrogen) atoms. The second kappa shape index (κ2) is 14.0. The first-order chi connectivity index (χ1) is 23.0. The lowest BCUT2D eigenvalue weighted by Crippen LogP contribution is -2.46. The summed E-state index contributed by atoms with van der Waals surface area (Å²) in [4.78, 5) is 15.7. The number of piperazine rings is 1. The molecule has 11 nitrogen and oxygen atoms in total. The summed E-state index contributed by atoms with van der Waals surface area (Å²) in [5.74, 6) is 0.594. The molecule has 1 N–H and O–H groups in total. The second-order valence-electron chi connectivity index (χ2n) is 11.8. The van der Waals surface area contributed by atoms with Crippen LogP contribution in [0.2, 0.25) is 10.0 Å². The van der Waals surface area contributed by atoms with Crippen LogP contribution >= 0.6 is 23.2 Å². The maximum absolute atomic E-state index is 6.58. The Morgan fingerprint density at radius 2 is 1.66 bits per heavy atom. The summed E-state index contributed by atoms with van der Waals surface area (Å²) in [6, 6.07) is 22.2. The van der Waals surface area contributed by atoms with Gasteiger partial charge in [0.2, 0.25) is 5.79 Å². The molecule has 2 unspecified atom stereocenters. The van der Waals surface area contributed by atoms with E-state index in [0.29, 0.717) is 28.8 Å². The second-order valence-corrected chi connectivity index (χ2v) is 12.6. The van der Waals surface area contributed by atoms with E-state index in [1.807, 2.05) is 18.2 Å². The van der Waals surface area contributed by atoms with Crippen LogP contribution in [0.1, 0.15) is 12.5 Å². The van der Waals surface area contributed by atoms with Gasteiger partial charge in [0, 0.05) is 66.9 Å². The topological polar surface area (TPSA) is 92.5 Å². The highest BCUT2D eigenvalue weighted by Gasteiger charge is 2.45. The van der Waals surface area contributed by atoms with Crippen LogP contribution in [0.4, 0.5) is 17.1 Å². The molecule has 13 heteroatoms. The van der Waals surface area contributed by atoms with Gasteiger partial charge in [-0.25, -0.2) is 9.67 Å². The molecule has 4 heterocycles. The molecule has 3 aliphatic heterocycles. The van der Waals surface area contributed by atoms with Crippen LogP contribution < -0.4 is 19.9 Å². The third kappa shape index (κ3) is 7.13. The van der Waals surface area contributed by atoms with Crippen molar-refractivity contribution in [3.8, 4) is 5.75 Å². The first kappa shape index (κ1) is 31.6. The van der Waals surface area contributed by atoms with E-state index in [1.165, 1.54) is 17.7 Å². The van der Waals surface area contributed by atoms with Crippen LogP contribution in [0.25, 0.3) is 0 Å². The third-order valence-electron chi connectivity index (χ3n) is 8.76. The van der Waals surface area contributed by atoms with E-state index in [0.717, 1.165) is 63.2 Å².